The van der Waals surface area contributed by atoms with Crippen molar-refractivity contribution in [3.63, 3.8) is 0 Å². The Hall–Kier alpha value is -3.37. The molecule has 2 aromatic heterocycles. The summed E-state index contributed by atoms with van der Waals surface area (Å²) >= 11 is 11.2. The van der Waals surface area contributed by atoms with Crippen LogP contribution in [-0.4, -0.2) is 57.4 Å². The van der Waals surface area contributed by atoms with E-state index in [-0.39, 0.29) is 18.1 Å². The van der Waals surface area contributed by atoms with Crippen molar-refractivity contribution in [3.8, 4) is 17.3 Å². The monoisotopic (exact) mass is 593 g/mol. The molecule has 0 bridgehead atoms. The van der Waals surface area contributed by atoms with Gasteiger partial charge in [-0.25, -0.2) is 14.1 Å². The first-order valence-electron chi connectivity index (χ1n) is 12.8. The summed E-state index contributed by atoms with van der Waals surface area (Å²) in [5, 5.41) is 19.4. The number of rotatable bonds is 5. The Balaban J connectivity index is 1.60. The summed E-state index contributed by atoms with van der Waals surface area (Å²) in [6, 6.07) is 18.1. The van der Waals surface area contributed by atoms with Crippen molar-refractivity contribution in [2.45, 2.75) is 42.5 Å². The van der Waals surface area contributed by atoms with Gasteiger partial charge in [0.1, 0.15) is 47.0 Å². The van der Waals surface area contributed by atoms with Crippen LogP contribution in [0.2, 0.25) is 5.02 Å². The van der Waals surface area contributed by atoms with Crippen LogP contribution in [-0.2, 0) is 24.5 Å². The van der Waals surface area contributed by atoms with Crippen molar-refractivity contribution in [3.05, 3.63) is 100 Å². The number of hydrogen-bond donors (Lipinski definition) is 1. The Morgan fingerprint density at radius 2 is 2.00 bits per heavy atom. The molecule has 2 unspecified atom stereocenters. The zero-order valence-corrected chi connectivity index (χ0v) is 23.7. The number of hydrogen-bond acceptors (Lipinski definition) is 9. The molecule has 6 atom stereocenters. The van der Waals surface area contributed by atoms with Gasteiger partial charge in [-0.15, -0.1) is 17.7 Å². The molecule has 9 nitrogen and oxygen atoms in total. The van der Waals surface area contributed by atoms with Gasteiger partial charge < -0.3 is 18.9 Å². The van der Waals surface area contributed by atoms with E-state index in [0.29, 0.717) is 27.4 Å². The van der Waals surface area contributed by atoms with Gasteiger partial charge in [-0.2, -0.15) is 5.26 Å². The van der Waals surface area contributed by atoms with Gasteiger partial charge in [0.2, 0.25) is 0 Å². The quantitative estimate of drug-likeness (QED) is 0.328. The molecular weight excluding hydrogens is 569 g/mol. The number of thiol groups is 1. The minimum Gasteiger partial charge on any atom is -0.375 e. The summed E-state index contributed by atoms with van der Waals surface area (Å²) in [5.41, 5.74) is 0.468. The lowest BCUT2D eigenvalue weighted by molar-refractivity contribution is -0.323. The van der Waals surface area contributed by atoms with Crippen LogP contribution in [0.1, 0.15) is 28.7 Å². The topological polar surface area (TPSA) is 104 Å². The second-order valence-corrected chi connectivity index (χ2v) is 10.8. The number of methoxy groups -OCH3 is 1. The van der Waals surface area contributed by atoms with Gasteiger partial charge in [-0.1, -0.05) is 59.3 Å². The fourth-order valence-corrected chi connectivity index (χ4v) is 6.25. The van der Waals surface area contributed by atoms with E-state index in [0.717, 1.165) is 5.56 Å². The molecule has 0 radical (unpaired) electrons. The van der Waals surface area contributed by atoms with Gasteiger partial charge >= 0.3 is 0 Å². The molecular formula is C29H25ClFN5O4S. The number of fused-ring (bicyclic) bond motifs is 1. The van der Waals surface area contributed by atoms with Crippen molar-refractivity contribution < 1.29 is 23.3 Å². The number of nitriles is 1. The molecule has 2 aliphatic rings. The maximum absolute atomic E-state index is 14.5. The molecule has 2 fully saturated rings. The highest BCUT2D eigenvalue weighted by atomic mass is 35.5. The third-order valence-corrected chi connectivity index (χ3v) is 8.12. The molecule has 0 N–H and O–H groups in total. The summed E-state index contributed by atoms with van der Waals surface area (Å²) in [5.74, 6) is -0.368. The minimum atomic E-state index is -1.42. The predicted molar refractivity (Wildman–Crippen MR) is 150 cm³/mol. The Kier molecular flexibility index (Phi) is 7.54. The lowest BCUT2D eigenvalue weighted by atomic mass is 9.74. The average Bonchev–Trinajstić information content (AvgIpc) is 3.49. The average molecular weight is 594 g/mol. The lowest BCUT2D eigenvalue weighted by Crippen LogP contribution is -2.70. The summed E-state index contributed by atoms with van der Waals surface area (Å²) in [6.07, 6.45) is -0.0739. The highest BCUT2D eigenvalue weighted by Gasteiger charge is 2.63. The first-order chi connectivity index (χ1) is 19.9. The van der Waals surface area contributed by atoms with Gasteiger partial charge in [0.15, 0.2) is 11.8 Å². The van der Waals surface area contributed by atoms with Crippen LogP contribution >= 0.6 is 24.2 Å². The Labute approximate surface area is 246 Å². The van der Waals surface area contributed by atoms with Crippen molar-refractivity contribution in [2.24, 2.45) is 0 Å². The molecule has 2 saturated heterocycles. The highest BCUT2D eigenvalue weighted by molar-refractivity contribution is 7.80. The summed E-state index contributed by atoms with van der Waals surface area (Å²) in [6.45, 7) is 1.84. The molecule has 4 heterocycles. The number of aromatic nitrogens is 4. The van der Waals surface area contributed by atoms with Gasteiger partial charge in [0.25, 0.3) is 0 Å². The normalized spacial score (nSPS) is 27.7. The van der Waals surface area contributed by atoms with Crippen LogP contribution in [0.3, 0.4) is 0 Å². The maximum Gasteiger partial charge on any atom is 0.184 e. The van der Waals surface area contributed by atoms with Crippen LogP contribution < -0.4 is 0 Å². The van der Waals surface area contributed by atoms with Crippen LogP contribution in [0.5, 0.6) is 0 Å². The minimum absolute atomic E-state index is 0.0856. The molecule has 4 aromatic rings. The largest absolute Gasteiger partial charge is 0.375 e. The van der Waals surface area contributed by atoms with E-state index in [1.165, 1.54) is 19.4 Å². The van der Waals surface area contributed by atoms with Crippen LogP contribution in [0.25, 0.3) is 11.3 Å². The Morgan fingerprint density at radius 3 is 2.73 bits per heavy atom. The van der Waals surface area contributed by atoms with Crippen LogP contribution in [0.4, 0.5) is 4.39 Å². The third kappa shape index (κ3) is 4.70. The molecule has 12 heteroatoms. The molecule has 0 aliphatic carbocycles. The molecule has 0 amide bonds. The Morgan fingerprint density at radius 1 is 1.20 bits per heavy atom. The summed E-state index contributed by atoms with van der Waals surface area (Å²) in [7, 11) is 1.51. The fourth-order valence-electron chi connectivity index (χ4n) is 5.59. The van der Waals surface area contributed by atoms with E-state index >= 15 is 0 Å². The van der Waals surface area contributed by atoms with E-state index in [1.54, 1.807) is 36.0 Å². The lowest BCUT2D eigenvalue weighted by Gasteiger charge is -2.55. The van der Waals surface area contributed by atoms with E-state index < -0.39 is 35.6 Å². The first kappa shape index (κ1) is 27.8. The fraction of sp³-hybridized carbons (Fsp3) is 0.310. The molecule has 2 aromatic carbocycles. The SMILES string of the molecule is CO[C@H]1[C@@H](S)O[C@@H]2COC(c3ccccc3)O[C@@H]2C1(c1cc(Cl)cnc1C#N)n1cc(-c2ccc(C)c(F)c2)nn1. The number of ether oxygens (including phenoxy) is 4. The second-order valence-electron chi connectivity index (χ2n) is 9.85. The van der Waals surface area contributed by atoms with E-state index in [1.807, 2.05) is 30.3 Å². The Bertz CT molecular complexity index is 1620. The second kappa shape index (κ2) is 11.1. The van der Waals surface area contributed by atoms with Crippen molar-refractivity contribution in [1.82, 2.24) is 20.0 Å². The number of nitrogens with zero attached hydrogens (tertiary/aromatic N) is 5. The van der Waals surface area contributed by atoms with Crippen molar-refractivity contribution in [1.29, 1.82) is 5.26 Å². The van der Waals surface area contributed by atoms with Gasteiger partial charge in [0, 0.05) is 30.0 Å². The molecule has 2 aliphatic heterocycles. The molecule has 41 heavy (non-hydrogen) atoms. The maximum atomic E-state index is 14.5. The van der Waals surface area contributed by atoms with E-state index in [4.69, 9.17) is 43.2 Å². The summed E-state index contributed by atoms with van der Waals surface area (Å²) in [4.78, 5) is 4.33. The van der Waals surface area contributed by atoms with Crippen LogP contribution in [0.15, 0.2) is 67.0 Å². The first-order valence-corrected chi connectivity index (χ1v) is 13.7. The zero-order valence-electron chi connectivity index (χ0n) is 22.0. The number of aryl methyl sites for hydroxylation is 1. The standard InChI is InChI=1S/C29H25ClFN5O4S/c1-16-8-9-18(10-21(16)31)23-14-36(35-34-23)29(20-11-19(30)13-33-22(20)12-32)25-24(39-28(41)26(29)37-2)15-38-27(40-25)17-6-4-3-5-7-17/h3-11,13-14,24-28,41H,15H2,1-2H3/t24-,25+,26+,27?,28-,29?/m1/s1. The smallest absolute Gasteiger partial charge is 0.184 e. The van der Waals surface area contributed by atoms with Crippen molar-refractivity contribution in [2.75, 3.05) is 13.7 Å². The van der Waals surface area contributed by atoms with Crippen LogP contribution in [0, 0.1) is 24.1 Å². The third-order valence-electron chi connectivity index (χ3n) is 7.52. The van der Waals surface area contributed by atoms with Gasteiger partial charge in [-0.05, 0) is 24.6 Å². The number of halogens is 2. The van der Waals surface area contributed by atoms with Gasteiger partial charge in [0.05, 0.1) is 17.8 Å². The molecule has 0 saturated carbocycles. The van der Waals surface area contributed by atoms with E-state index in [9.17, 15) is 9.65 Å². The summed E-state index contributed by atoms with van der Waals surface area (Å²) < 4.78 is 41.1. The number of benzene rings is 2. The molecule has 0 spiro atoms. The zero-order chi connectivity index (χ0) is 28.7. The number of pyridine rings is 1. The predicted octanol–water partition coefficient (Wildman–Crippen LogP) is 4.84. The highest BCUT2D eigenvalue weighted by Crippen LogP contribution is 2.49. The molecule has 6 rings (SSSR count). The molecule has 210 valence electrons. The van der Waals surface area contributed by atoms with E-state index in [2.05, 4.69) is 21.4 Å². The van der Waals surface area contributed by atoms with Crippen molar-refractivity contribution >= 4 is 24.2 Å². The van der Waals surface area contributed by atoms with Gasteiger partial charge in [-0.3, -0.25) is 0 Å².